The van der Waals surface area contributed by atoms with Gasteiger partial charge in [0.15, 0.2) is 4.47 Å². The molecule has 3 aromatic heterocycles. The lowest BCUT2D eigenvalue weighted by molar-refractivity contribution is -0.707. The van der Waals surface area contributed by atoms with E-state index < -0.39 is 29.4 Å². The lowest BCUT2D eigenvalue weighted by Crippen LogP contribution is -2.44. The van der Waals surface area contributed by atoms with Gasteiger partial charge in [-0.15, -0.1) is 24.5 Å². The third kappa shape index (κ3) is 4.94. The molecule has 3 heterocycles. The van der Waals surface area contributed by atoms with Crippen LogP contribution in [0.25, 0.3) is 27.9 Å². The Kier molecular flexibility index (Phi) is 6.58. The standard InChI is InChI=1S/C26H16ClF4N3O3S/c1-14-4-3-9-33-22(14)34(13-18-12-32-25(27)38-18)24(36)21(23(33)35)16-6-2-5-15(10-16)19-11-17(7-8-20(19)28)37-26(29,30)31/h2-12H,13H2,1H3. The van der Waals surface area contributed by atoms with Gasteiger partial charge in [-0.3, -0.25) is 0 Å². The SMILES string of the molecule is Cc1cccn2c(=O)c(-c3cccc(-c4cc(OC(F)(F)F)ccc4F)c3)c([O-])[n+](Cc3cnc(Cl)s3)c12. The van der Waals surface area contributed by atoms with Crippen LogP contribution in [0.3, 0.4) is 0 Å². The number of fused-ring (bicyclic) bond motifs is 1. The smallest absolute Gasteiger partial charge is 0.573 e. The number of rotatable bonds is 5. The summed E-state index contributed by atoms with van der Waals surface area (Å²) in [7, 11) is 0. The second kappa shape index (κ2) is 9.73. The van der Waals surface area contributed by atoms with Gasteiger partial charge in [0.1, 0.15) is 23.7 Å². The number of alkyl halides is 3. The number of nitrogens with zero attached hydrogens (tertiary/aromatic N) is 3. The van der Waals surface area contributed by atoms with E-state index >= 15 is 0 Å². The maximum atomic E-state index is 14.7. The first kappa shape index (κ1) is 25.7. The molecule has 0 N–H and O–H groups in total. The van der Waals surface area contributed by atoms with Crippen LogP contribution in [0.4, 0.5) is 17.6 Å². The van der Waals surface area contributed by atoms with Crippen LogP contribution in [0.1, 0.15) is 10.4 Å². The Balaban J connectivity index is 1.70. The number of pyridine rings is 1. The molecule has 6 nitrogen and oxygen atoms in total. The molecule has 0 amide bonds. The van der Waals surface area contributed by atoms with E-state index in [0.29, 0.717) is 20.6 Å². The third-order valence-electron chi connectivity index (χ3n) is 5.78. The van der Waals surface area contributed by atoms with Crippen LogP contribution >= 0.6 is 22.9 Å². The molecule has 0 saturated carbocycles. The summed E-state index contributed by atoms with van der Waals surface area (Å²) in [5.41, 5.74) is 0.418. The van der Waals surface area contributed by atoms with Gasteiger partial charge < -0.3 is 9.84 Å². The molecular weight excluding hydrogens is 546 g/mol. The summed E-state index contributed by atoms with van der Waals surface area (Å²) in [6.45, 7) is 1.86. The van der Waals surface area contributed by atoms with Crippen LogP contribution in [0, 0.1) is 12.7 Å². The summed E-state index contributed by atoms with van der Waals surface area (Å²) in [4.78, 5) is 18.2. The van der Waals surface area contributed by atoms with Crippen LogP contribution in [-0.2, 0) is 6.54 Å². The van der Waals surface area contributed by atoms with E-state index in [0.717, 1.165) is 18.2 Å². The predicted molar refractivity (Wildman–Crippen MR) is 132 cm³/mol. The Morgan fingerprint density at radius 3 is 2.61 bits per heavy atom. The van der Waals surface area contributed by atoms with Crippen molar-refractivity contribution in [3.05, 3.63) is 98.1 Å². The Hall–Kier alpha value is -3.96. The minimum Gasteiger partial charge on any atom is -0.842 e. The van der Waals surface area contributed by atoms with E-state index in [4.69, 9.17) is 11.6 Å². The zero-order valence-electron chi connectivity index (χ0n) is 19.4. The van der Waals surface area contributed by atoms with Crippen molar-refractivity contribution in [3.8, 4) is 33.9 Å². The van der Waals surface area contributed by atoms with Crippen LogP contribution in [-0.4, -0.2) is 15.7 Å². The number of aromatic nitrogens is 3. The average molecular weight is 562 g/mol. The van der Waals surface area contributed by atoms with Gasteiger partial charge in [0.05, 0.1) is 17.0 Å². The molecule has 38 heavy (non-hydrogen) atoms. The van der Waals surface area contributed by atoms with E-state index in [2.05, 4.69) is 9.72 Å². The Morgan fingerprint density at radius 2 is 1.89 bits per heavy atom. The number of hydrogen-bond donors (Lipinski definition) is 0. The topological polar surface area (TPSA) is 70.5 Å². The summed E-state index contributed by atoms with van der Waals surface area (Å²) >= 11 is 7.16. The maximum Gasteiger partial charge on any atom is 0.573 e. The zero-order chi connectivity index (χ0) is 27.2. The highest BCUT2D eigenvalue weighted by Gasteiger charge is 2.31. The number of halogens is 5. The lowest BCUT2D eigenvalue weighted by Gasteiger charge is -2.18. The average Bonchev–Trinajstić information content (AvgIpc) is 3.27. The van der Waals surface area contributed by atoms with E-state index in [1.807, 2.05) is 0 Å². The first-order valence-corrected chi connectivity index (χ1v) is 12.2. The van der Waals surface area contributed by atoms with Crippen LogP contribution in [0.15, 0.2) is 71.8 Å². The molecule has 0 radical (unpaired) electrons. The van der Waals surface area contributed by atoms with Crippen molar-refractivity contribution in [3.63, 3.8) is 0 Å². The van der Waals surface area contributed by atoms with Gasteiger partial charge in [0.2, 0.25) is 0 Å². The van der Waals surface area contributed by atoms with Crippen LogP contribution < -0.4 is 20.0 Å². The Bertz CT molecular complexity index is 1750. The summed E-state index contributed by atoms with van der Waals surface area (Å²) in [6.07, 6.45) is -1.88. The van der Waals surface area contributed by atoms with Crippen molar-refractivity contribution >= 4 is 28.6 Å². The number of hydrogen-bond acceptors (Lipinski definition) is 5. The predicted octanol–water partition coefficient (Wildman–Crippen LogP) is 5.50. The molecule has 0 aliphatic rings. The number of aryl methyl sites for hydroxylation is 1. The number of benzene rings is 2. The van der Waals surface area contributed by atoms with Crippen LogP contribution in [0.2, 0.25) is 4.47 Å². The van der Waals surface area contributed by atoms with E-state index in [1.165, 1.54) is 50.8 Å². The molecule has 194 valence electrons. The Labute approximate surface area is 221 Å². The largest absolute Gasteiger partial charge is 0.842 e. The normalized spacial score (nSPS) is 11.7. The highest BCUT2D eigenvalue weighted by atomic mass is 35.5. The molecule has 0 spiro atoms. The summed E-state index contributed by atoms with van der Waals surface area (Å²) in [6, 6.07) is 11.9. The van der Waals surface area contributed by atoms with Gasteiger partial charge >= 0.3 is 11.9 Å². The zero-order valence-corrected chi connectivity index (χ0v) is 21.0. The van der Waals surface area contributed by atoms with E-state index in [9.17, 15) is 27.5 Å². The number of ether oxygens (including phenoxy) is 1. The summed E-state index contributed by atoms with van der Waals surface area (Å²) < 4.78 is 59.8. The highest BCUT2D eigenvalue weighted by molar-refractivity contribution is 7.15. The molecule has 0 unspecified atom stereocenters. The molecule has 0 saturated heterocycles. The van der Waals surface area contributed by atoms with Crippen molar-refractivity contribution in [2.24, 2.45) is 0 Å². The monoisotopic (exact) mass is 561 g/mol. The molecule has 0 atom stereocenters. The molecule has 0 bridgehead atoms. The fourth-order valence-electron chi connectivity index (χ4n) is 4.23. The fourth-order valence-corrected chi connectivity index (χ4v) is 5.20. The maximum absolute atomic E-state index is 14.7. The van der Waals surface area contributed by atoms with Gasteiger partial charge in [-0.05, 0) is 54.4 Å². The summed E-state index contributed by atoms with van der Waals surface area (Å²) in [5.74, 6) is -2.01. The van der Waals surface area contributed by atoms with Crippen LogP contribution in [0.5, 0.6) is 11.6 Å². The van der Waals surface area contributed by atoms with Crippen molar-refractivity contribution in [2.45, 2.75) is 19.8 Å². The molecule has 0 fully saturated rings. The molecule has 5 aromatic rings. The molecule has 12 heteroatoms. The van der Waals surface area contributed by atoms with Crippen molar-refractivity contribution in [1.29, 1.82) is 0 Å². The van der Waals surface area contributed by atoms with Gasteiger partial charge in [-0.25, -0.2) is 18.7 Å². The first-order valence-electron chi connectivity index (χ1n) is 11.0. The van der Waals surface area contributed by atoms with Gasteiger partial charge in [0, 0.05) is 17.3 Å². The minimum absolute atomic E-state index is 0.0933. The van der Waals surface area contributed by atoms with Gasteiger partial charge in [0.25, 0.3) is 5.65 Å². The van der Waals surface area contributed by atoms with Crippen molar-refractivity contribution < 1.29 is 32.0 Å². The molecule has 2 aromatic carbocycles. The second-order valence-electron chi connectivity index (χ2n) is 8.31. The first-order chi connectivity index (χ1) is 18.0. The molecular formula is C26H16ClF4N3O3S. The summed E-state index contributed by atoms with van der Waals surface area (Å²) in [5, 5.41) is 13.8. The third-order valence-corrected chi connectivity index (χ3v) is 6.88. The highest BCUT2D eigenvalue weighted by Crippen LogP contribution is 2.33. The molecule has 0 aliphatic carbocycles. The fraction of sp³-hybridized carbons (Fsp3) is 0.115. The van der Waals surface area contributed by atoms with E-state index in [-0.39, 0.29) is 28.8 Å². The quantitative estimate of drug-likeness (QED) is 0.210. The van der Waals surface area contributed by atoms with Crippen molar-refractivity contribution in [2.75, 3.05) is 0 Å². The molecule has 5 rings (SSSR count). The van der Waals surface area contributed by atoms with Gasteiger partial charge in [-0.2, -0.15) is 4.40 Å². The number of thiazole rings is 1. The van der Waals surface area contributed by atoms with E-state index in [1.54, 1.807) is 25.3 Å². The minimum atomic E-state index is -4.96. The lowest BCUT2D eigenvalue weighted by atomic mass is 9.99. The van der Waals surface area contributed by atoms with Gasteiger partial charge in [-0.1, -0.05) is 29.8 Å². The second-order valence-corrected chi connectivity index (χ2v) is 10.0. The molecule has 0 aliphatic heterocycles. The van der Waals surface area contributed by atoms with Crippen molar-refractivity contribution in [1.82, 2.24) is 9.38 Å². The Morgan fingerprint density at radius 1 is 1.13 bits per heavy atom.